The minimum absolute atomic E-state index is 0.227. The van der Waals surface area contributed by atoms with E-state index in [0.29, 0.717) is 6.54 Å². The Balaban J connectivity index is 1.50. The largest absolute Gasteiger partial charge is 0.361 e. The summed E-state index contributed by atoms with van der Waals surface area (Å²) in [5, 5.41) is 4.47. The highest BCUT2D eigenvalue weighted by atomic mass is 16.2. The molecule has 1 aromatic heterocycles. The van der Waals surface area contributed by atoms with Crippen LogP contribution in [0.1, 0.15) is 24.8 Å². The molecule has 106 valence electrons. The van der Waals surface area contributed by atoms with Crippen molar-refractivity contribution >= 4 is 16.8 Å². The summed E-state index contributed by atoms with van der Waals surface area (Å²) in [6.07, 6.45) is 5.50. The third-order valence-corrected chi connectivity index (χ3v) is 3.93. The molecule has 1 amide bonds. The summed E-state index contributed by atoms with van der Waals surface area (Å²) >= 11 is 0. The van der Waals surface area contributed by atoms with Crippen LogP contribution in [0.15, 0.2) is 30.5 Å². The van der Waals surface area contributed by atoms with Gasteiger partial charge in [0.15, 0.2) is 0 Å². The Morgan fingerprint density at radius 3 is 2.90 bits per heavy atom. The first-order chi connectivity index (χ1) is 9.83. The molecule has 0 spiro atoms. The quantitative estimate of drug-likeness (QED) is 0.896. The number of fused-ring (bicyclic) bond motifs is 1. The number of H-pyrrole nitrogens is 1. The van der Waals surface area contributed by atoms with E-state index in [1.807, 2.05) is 11.1 Å². The van der Waals surface area contributed by atoms with Gasteiger partial charge in [-0.05, 0) is 42.3 Å². The van der Waals surface area contributed by atoms with Crippen molar-refractivity contribution in [3.05, 3.63) is 36.0 Å². The van der Waals surface area contributed by atoms with Crippen molar-refractivity contribution in [2.45, 2.75) is 25.8 Å². The summed E-state index contributed by atoms with van der Waals surface area (Å²) in [6.45, 7) is 3.02. The molecular weight excluding hydrogens is 250 g/mol. The topological polar surface area (TPSA) is 48.1 Å². The van der Waals surface area contributed by atoms with Crippen LogP contribution in [0.4, 0.5) is 0 Å². The Morgan fingerprint density at radius 2 is 2.05 bits per heavy atom. The van der Waals surface area contributed by atoms with Gasteiger partial charge in [0.05, 0.1) is 6.54 Å². The first kappa shape index (κ1) is 13.2. The number of benzene rings is 1. The third-order valence-electron chi connectivity index (χ3n) is 3.93. The summed E-state index contributed by atoms with van der Waals surface area (Å²) in [5.41, 5.74) is 2.35. The molecule has 0 unspecified atom stereocenters. The normalized spacial score (nSPS) is 15.7. The maximum atomic E-state index is 12.0. The van der Waals surface area contributed by atoms with Gasteiger partial charge in [-0.2, -0.15) is 0 Å². The number of nitrogens with zero attached hydrogens (tertiary/aromatic N) is 1. The number of aromatic nitrogens is 1. The monoisotopic (exact) mass is 271 g/mol. The molecule has 2 aromatic rings. The maximum absolute atomic E-state index is 12.0. The van der Waals surface area contributed by atoms with Crippen LogP contribution < -0.4 is 5.32 Å². The molecule has 4 nitrogen and oxygen atoms in total. The standard InChI is InChI=1S/C16H21N3O/c20-16(19-8-2-1-3-9-19)12-17-11-13-4-5-14-6-7-18-15(14)10-13/h4-7,10,17-18H,1-3,8-9,11-12H2. The van der Waals surface area contributed by atoms with Crippen LogP contribution >= 0.6 is 0 Å². The molecule has 20 heavy (non-hydrogen) atoms. The maximum Gasteiger partial charge on any atom is 0.236 e. The lowest BCUT2D eigenvalue weighted by molar-refractivity contribution is -0.131. The summed E-state index contributed by atoms with van der Waals surface area (Å²) in [6, 6.07) is 8.41. The number of amides is 1. The van der Waals surface area contributed by atoms with Gasteiger partial charge in [-0.25, -0.2) is 0 Å². The number of hydrogen-bond acceptors (Lipinski definition) is 2. The molecule has 1 saturated heterocycles. The van der Waals surface area contributed by atoms with Crippen molar-refractivity contribution < 1.29 is 4.79 Å². The number of piperidine rings is 1. The van der Waals surface area contributed by atoms with Gasteiger partial charge in [0.2, 0.25) is 5.91 Å². The predicted molar refractivity (Wildman–Crippen MR) is 80.4 cm³/mol. The summed E-state index contributed by atoms with van der Waals surface area (Å²) in [5.74, 6) is 0.227. The molecule has 2 heterocycles. The van der Waals surface area contributed by atoms with Crippen molar-refractivity contribution in [3.8, 4) is 0 Å². The Bertz CT molecular complexity index is 584. The summed E-state index contributed by atoms with van der Waals surface area (Å²) in [4.78, 5) is 17.2. The van der Waals surface area contributed by atoms with Crippen LogP contribution in [0.25, 0.3) is 10.9 Å². The van der Waals surface area contributed by atoms with Crippen LogP contribution in [0.2, 0.25) is 0 Å². The van der Waals surface area contributed by atoms with Crippen LogP contribution in [0, 0.1) is 0 Å². The minimum atomic E-state index is 0.227. The van der Waals surface area contributed by atoms with Gasteiger partial charge in [-0.3, -0.25) is 4.79 Å². The number of carbonyl (C=O) groups is 1. The Morgan fingerprint density at radius 1 is 1.20 bits per heavy atom. The Labute approximate surface area is 119 Å². The van der Waals surface area contributed by atoms with E-state index in [4.69, 9.17) is 0 Å². The lowest BCUT2D eigenvalue weighted by Crippen LogP contribution is -2.40. The Hall–Kier alpha value is -1.81. The van der Waals surface area contributed by atoms with Gasteiger partial charge in [0.25, 0.3) is 0 Å². The van der Waals surface area contributed by atoms with E-state index in [0.717, 1.165) is 38.0 Å². The molecule has 0 bridgehead atoms. The van der Waals surface area contributed by atoms with Crippen molar-refractivity contribution in [3.63, 3.8) is 0 Å². The number of hydrogen-bond donors (Lipinski definition) is 2. The summed E-state index contributed by atoms with van der Waals surface area (Å²) < 4.78 is 0. The van der Waals surface area contributed by atoms with E-state index in [1.165, 1.54) is 17.4 Å². The van der Waals surface area contributed by atoms with E-state index in [2.05, 4.69) is 34.6 Å². The van der Waals surface area contributed by atoms with Gasteiger partial charge in [0, 0.05) is 31.3 Å². The van der Waals surface area contributed by atoms with Crippen molar-refractivity contribution in [1.29, 1.82) is 0 Å². The molecule has 1 aromatic carbocycles. The SMILES string of the molecule is O=C(CNCc1ccc2cc[nH]c2c1)N1CCCCC1. The first-order valence-electron chi connectivity index (χ1n) is 7.37. The van der Waals surface area contributed by atoms with E-state index >= 15 is 0 Å². The van der Waals surface area contributed by atoms with Crippen LogP contribution in [-0.2, 0) is 11.3 Å². The molecule has 0 aliphatic carbocycles. The van der Waals surface area contributed by atoms with Gasteiger partial charge in [-0.1, -0.05) is 12.1 Å². The smallest absolute Gasteiger partial charge is 0.236 e. The second-order valence-corrected chi connectivity index (χ2v) is 5.44. The van der Waals surface area contributed by atoms with E-state index in [-0.39, 0.29) is 5.91 Å². The zero-order chi connectivity index (χ0) is 13.8. The number of rotatable bonds is 4. The van der Waals surface area contributed by atoms with E-state index < -0.39 is 0 Å². The minimum Gasteiger partial charge on any atom is -0.361 e. The number of nitrogens with one attached hydrogen (secondary N) is 2. The fourth-order valence-corrected chi connectivity index (χ4v) is 2.77. The molecular formula is C16H21N3O. The van der Waals surface area contributed by atoms with Crippen molar-refractivity contribution in [2.24, 2.45) is 0 Å². The molecule has 1 aliphatic rings. The molecule has 0 atom stereocenters. The lowest BCUT2D eigenvalue weighted by Gasteiger charge is -2.26. The molecule has 2 N–H and O–H groups in total. The Kier molecular flexibility index (Phi) is 4.02. The van der Waals surface area contributed by atoms with E-state index in [9.17, 15) is 4.79 Å². The van der Waals surface area contributed by atoms with Crippen molar-refractivity contribution in [2.75, 3.05) is 19.6 Å². The second-order valence-electron chi connectivity index (χ2n) is 5.44. The highest BCUT2D eigenvalue weighted by molar-refractivity contribution is 5.80. The van der Waals surface area contributed by atoms with Crippen LogP contribution in [0.5, 0.6) is 0 Å². The van der Waals surface area contributed by atoms with Crippen LogP contribution in [0.3, 0.4) is 0 Å². The lowest BCUT2D eigenvalue weighted by atomic mass is 10.1. The van der Waals surface area contributed by atoms with E-state index in [1.54, 1.807) is 0 Å². The summed E-state index contributed by atoms with van der Waals surface area (Å²) in [7, 11) is 0. The zero-order valence-electron chi connectivity index (χ0n) is 11.7. The first-order valence-corrected chi connectivity index (χ1v) is 7.37. The molecule has 3 rings (SSSR count). The average Bonchev–Trinajstić information content (AvgIpc) is 2.95. The highest BCUT2D eigenvalue weighted by Gasteiger charge is 2.15. The van der Waals surface area contributed by atoms with Gasteiger partial charge in [0.1, 0.15) is 0 Å². The fraction of sp³-hybridized carbons (Fsp3) is 0.438. The molecule has 1 aliphatic heterocycles. The molecule has 1 fully saturated rings. The van der Waals surface area contributed by atoms with Crippen molar-refractivity contribution in [1.82, 2.24) is 15.2 Å². The number of aromatic amines is 1. The predicted octanol–water partition coefficient (Wildman–Crippen LogP) is 2.27. The van der Waals surface area contributed by atoms with Gasteiger partial charge >= 0.3 is 0 Å². The van der Waals surface area contributed by atoms with Crippen LogP contribution in [-0.4, -0.2) is 35.4 Å². The number of likely N-dealkylation sites (tertiary alicyclic amines) is 1. The average molecular weight is 271 g/mol. The third kappa shape index (κ3) is 3.02. The zero-order valence-corrected chi connectivity index (χ0v) is 11.7. The molecule has 0 radical (unpaired) electrons. The molecule has 4 heteroatoms. The fourth-order valence-electron chi connectivity index (χ4n) is 2.77. The highest BCUT2D eigenvalue weighted by Crippen LogP contribution is 2.14. The second kappa shape index (κ2) is 6.09. The van der Waals surface area contributed by atoms with Gasteiger partial charge < -0.3 is 15.2 Å². The molecule has 0 saturated carbocycles. The number of carbonyl (C=O) groups excluding carboxylic acids is 1. The van der Waals surface area contributed by atoms with Gasteiger partial charge in [-0.15, -0.1) is 0 Å².